The normalized spacial score (nSPS) is 11.1. The van der Waals surface area contributed by atoms with Gasteiger partial charge in [0.1, 0.15) is 0 Å². The van der Waals surface area contributed by atoms with Gasteiger partial charge in [0.15, 0.2) is 0 Å². The molecule has 128 valence electrons. The molecule has 1 amide bonds. The SMILES string of the molecule is CCc1ccc(NC(=O)Cc2ccc(N(C)S(C)(=O)=O)cc2)cc1. The molecule has 0 radical (unpaired) electrons. The van der Waals surface area contributed by atoms with Crippen molar-refractivity contribution in [1.82, 2.24) is 0 Å². The topological polar surface area (TPSA) is 66.5 Å². The van der Waals surface area contributed by atoms with E-state index in [0.29, 0.717) is 5.69 Å². The lowest BCUT2D eigenvalue weighted by Gasteiger charge is -2.16. The predicted molar refractivity (Wildman–Crippen MR) is 97.8 cm³/mol. The van der Waals surface area contributed by atoms with E-state index in [1.165, 1.54) is 16.9 Å². The number of rotatable bonds is 6. The van der Waals surface area contributed by atoms with Crippen molar-refractivity contribution in [2.24, 2.45) is 0 Å². The number of nitrogens with one attached hydrogen (secondary N) is 1. The van der Waals surface area contributed by atoms with Crippen LogP contribution in [0.5, 0.6) is 0 Å². The molecule has 0 aliphatic heterocycles. The second-order valence-corrected chi connectivity index (χ2v) is 7.69. The summed E-state index contributed by atoms with van der Waals surface area (Å²) in [5.41, 5.74) is 3.38. The zero-order chi connectivity index (χ0) is 17.7. The van der Waals surface area contributed by atoms with Crippen LogP contribution in [0.1, 0.15) is 18.1 Å². The minimum atomic E-state index is -3.28. The molecule has 0 spiro atoms. The first kappa shape index (κ1) is 18.0. The first-order chi connectivity index (χ1) is 11.3. The van der Waals surface area contributed by atoms with Crippen molar-refractivity contribution in [3.05, 3.63) is 59.7 Å². The van der Waals surface area contributed by atoms with Crippen LogP contribution in [-0.2, 0) is 27.7 Å². The maximum absolute atomic E-state index is 12.1. The number of carbonyl (C=O) groups is 1. The Morgan fingerprint density at radius 2 is 1.54 bits per heavy atom. The summed E-state index contributed by atoms with van der Waals surface area (Å²) in [6, 6.07) is 14.7. The van der Waals surface area contributed by atoms with Gasteiger partial charge in [0.2, 0.25) is 15.9 Å². The van der Waals surface area contributed by atoms with Crippen LogP contribution in [0.4, 0.5) is 11.4 Å². The van der Waals surface area contributed by atoms with Gasteiger partial charge in [-0.05, 0) is 41.8 Å². The van der Waals surface area contributed by atoms with Gasteiger partial charge in [-0.15, -0.1) is 0 Å². The molecular weight excluding hydrogens is 324 g/mol. The summed E-state index contributed by atoms with van der Waals surface area (Å²) in [6.45, 7) is 2.08. The van der Waals surface area contributed by atoms with Crippen LogP contribution in [-0.4, -0.2) is 27.6 Å². The van der Waals surface area contributed by atoms with Crippen molar-refractivity contribution in [2.75, 3.05) is 22.9 Å². The Morgan fingerprint density at radius 3 is 2.04 bits per heavy atom. The number of amides is 1. The van der Waals surface area contributed by atoms with Crippen molar-refractivity contribution >= 4 is 27.3 Å². The second kappa shape index (κ2) is 7.49. The third-order valence-corrected chi connectivity index (χ3v) is 5.01. The van der Waals surface area contributed by atoms with Gasteiger partial charge >= 0.3 is 0 Å². The molecule has 24 heavy (non-hydrogen) atoms. The summed E-state index contributed by atoms with van der Waals surface area (Å²) in [5, 5.41) is 2.86. The Hall–Kier alpha value is -2.34. The zero-order valence-corrected chi connectivity index (χ0v) is 14.9. The fourth-order valence-electron chi connectivity index (χ4n) is 2.23. The van der Waals surface area contributed by atoms with Crippen LogP contribution < -0.4 is 9.62 Å². The largest absolute Gasteiger partial charge is 0.326 e. The molecule has 0 aromatic heterocycles. The van der Waals surface area contributed by atoms with Gasteiger partial charge in [0.05, 0.1) is 18.4 Å². The summed E-state index contributed by atoms with van der Waals surface area (Å²) >= 11 is 0. The lowest BCUT2D eigenvalue weighted by atomic mass is 10.1. The fourth-order valence-corrected chi connectivity index (χ4v) is 2.73. The smallest absolute Gasteiger partial charge is 0.231 e. The molecule has 0 saturated heterocycles. The molecule has 0 atom stereocenters. The maximum Gasteiger partial charge on any atom is 0.231 e. The number of anilines is 2. The summed E-state index contributed by atoms with van der Waals surface area (Å²) < 4.78 is 24.2. The first-order valence-electron chi connectivity index (χ1n) is 7.71. The van der Waals surface area contributed by atoms with E-state index in [9.17, 15) is 13.2 Å². The van der Waals surface area contributed by atoms with Gasteiger partial charge in [-0.25, -0.2) is 8.42 Å². The van der Waals surface area contributed by atoms with Crippen molar-refractivity contribution in [3.8, 4) is 0 Å². The van der Waals surface area contributed by atoms with Gasteiger partial charge in [-0.2, -0.15) is 0 Å². The molecule has 0 aliphatic carbocycles. The van der Waals surface area contributed by atoms with Crippen LogP contribution in [0.15, 0.2) is 48.5 Å². The second-order valence-electron chi connectivity index (χ2n) is 5.67. The van der Waals surface area contributed by atoms with E-state index >= 15 is 0 Å². The van der Waals surface area contributed by atoms with Crippen molar-refractivity contribution in [3.63, 3.8) is 0 Å². The molecule has 0 aliphatic rings. The number of benzene rings is 2. The summed E-state index contributed by atoms with van der Waals surface area (Å²) in [5.74, 6) is -0.108. The molecule has 6 heteroatoms. The van der Waals surface area contributed by atoms with E-state index in [0.717, 1.165) is 23.9 Å². The number of carbonyl (C=O) groups excluding carboxylic acids is 1. The highest BCUT2D eigenvalue weighted by atomic mass is 32.2. The third-order valence-electron chi connectivity index (χ3n) is 3.81. The number of sulfonamides is 1. The van der Waals surface area contributed by atoms with Gasteiger partial charge in [-0.1, -0.05) is 31.2 Å². The zero-order valence-electron chi connectivity index (χ0n) is 14.1. The van der Waals surface area contributed by atoms with Crippen LogP contribution in [0, 0.1) is 0 Å². The molecular formula is C18H22N2O3S. The predicted octanol–water partition coefficient (Wildman–Crippen LogP) is 2.83. The van der Waals surface area contributed by atoms with E-state index in [1.807, 2.05) is 24.3 Å². The molecule has 5 nitrogen and oxygen atoms in total. The Labute approximate surface area is 143 Å². The molecule has 0 heterocycles. The lowest BCUT2D eigenvalue weighted by molar-refractivity contribution is -0.115. The van der Waals surface area contributed by atoms with Crippen LogP contribution in [0.2, 0.25) is 0 Å². The quantitative estimate of drug-likeness (QED) is 0.874. The molecule has 0 bridgehead atoms. The van der Waals surface area contributed by atoms with Gasteiger partial charge in [-0.3, -0.25) is 9.10 Å². The van der Waals surface area contributed by atoms with E-state index in [2.05, 4.69) is 12.2 Å². The number of hydrogen-bond acceptors (Lipinski definition) is 3. The van der Waals surface area contributed by atoms with E-state index in [4.69, 9.17) is 0 Å². The minimum absolute atomic E-state index is 0.108. The average Bonchev–Trinajstić information content (AvgIpc) is 2.54. The molecule has 2 aromatic rings. The van der Waals surface area contributed by atoms with Gasteiger partial charge in [0, 0.05) is 12.7 Å². The van der Waals surface area contributed by atoms with Crippen LogP contribution in [0.25, 0.3) is 0 Å². The van der Waals surface area contributed by atoms with Crippen LogP contribution >= 0.6 is 0 Å². The van der Waals surface area contributed by atoms with Crippen molar-refractivity contribution in [2.45, 2.75) is 19.8 Å². The van der Waals surface area contributed by atoms with Crippen LogP contribution in [0.3, 0.4) is 0 Å². The highest BCUT2D eigenvalue weighted by Crippen LogP contribution is 2.17. The molecule has 0 fully saturated rings. The highest BCUT2D eigenvalue weighted by molar-refractivity contribution is 7.92. The number of nitrogens with zero attached hydrogens (tertiary/aromatic N) is 1. The maximum atomic E-state index is 12.1. The monoisotopic (exact) mass is 346 g/mol. The van der Waals surface area contributed by atoms with E-state index in [1.54, 1.807) is 24.3 Å². The molecule has 2 rings (SSSR count). The molecule has 1 N–H and O–H groups in total. The van der Waals surface area contributed by atoms with Crippen molar-refractivity contribution in [1.29, 1.82) is 0 Å². The fraction of sp³-hybridized carbons (Fsp3) is 0.278. The lowest BCUT2D eigenvalue weighted by Crippen LogP contribution is -2.24. The summed E-state index contributed by atoms with van der Waals surface area (Å²) in [6.07, 6.45) is 2.35. The summed E-state index contributed by atoms with van der Waals surface area (Å²) in [4.78, 5) is 12.1. The summed E-state index contributed by atoms with van der Waals surface area (Å²) in [7, 11) is -1.79. The molecule has 0 unspecified atom stereocenters. The first-order valence-corrected chi connectivity index (χ1v) is 9.56. The average molecular weight is 346 g/mol. The number of hydrogen-bond donors (Lipinski definition) is 1. The van der Waals surface area contributed by atoms with Gasteiger partial charge < -0.3 is 5.32 Å². The Morgan fingerprint density at radius 1 is 1.00 bits per heavy atom. The Balaban J connectivity index is 1.98. The van der Waals surface area contributed by atoms with E-state index in [-0.39, 0.29) is 12.3 Å². The number of aryl methyl sites for hydroxylation is 1. The molecule has 2 aromatic carbocycles. The van der Waals surface area contributed by atoms with Gasteiger partial charge in [0.25, 0.3) is 0 Å². The minimum Gasteiger partial charge on any atom is -0.326 e. The Kier molecular flexibility index (Phi) is 5.62. The third kappa shape index (κ3) is 4.83. The van der Waals surface area contributed by atoms with E-state index < -0.39 is 10.0 Å². The molecule has 0 saturated carbocycles. The highest BCUT2D eigenvalue weighted by Gasteiger charge is 2.12. The Bertz CT molecular complexity index is 797. The van der Waals surface area contributed by atoms with Crippen molar-refractivity contribution < 1.29 is 13.2 Å². The standard InChI is InChI=1S/C18H22N2O3S/c1-4-14-5-9-16(10-6-14)19-18(21)13-15-7-11-17(12-8-15)20(2)24(3,22)23/h5-12H,4,13H2,1-3H3,(H,19,21).